The molecule has 1 aliphatic rings. The Balaban J connectivity index is 1.49. The zero-order valence-electron chi connectivity index (χ0n) is 14.7. The number of nitrogens with two attached hydrogens (primary N) is 1. The molecule has 3 rings (SSSR count). The van der Waals surface area contributed by atoms with Crippen LogP contribution >= 0.6 is 0 Å². The van der Waals surface area contributed by atoms with Gasteiger partial charge in [0.1, 0.15) is 11.6 Å². The van der Waals surface area contributed by atoms with Gasteiger partial charge in [0.2, 0.25) is 5.91 Å². The summed E-state index contributed by atoms with van der Waals surface area (Å²) in [6.45, 7) is 6.88. The fourth-order valence-electron chi connectivity index (χ4n) is 3.05. The number of nitrogens with one attached hydrogen (secondary N) is 1. The first-order valence-corrected chi connectivity index (χ1v) is 8.91. The van der Waals surface area contributed by atoms with Gasteiger partial charge in [-0.25, -0.2) is 9.97 Å². The van der Waals surface area contributed by atoms with Crippen LogP contribution in [-0.4, -0.2) is 51.9 Å². The van der Waals surface area contributed by atoms with Gasteiger partial charge in [0.05, 0.1) is 5.56 Å². The molecule has 0 aromatic carbocycles. The van der Waals surface area contributed by atoms with Crippen LogP contribution in [0.1, 0.15) is 41.6 Å². The summed E-state index contributed by atoms with van der Waals surface area (Å²) in [5.74, 6) is 1.55. The van der Waals surface area contributed by atoms with Crippen molar-refractivity contribution in [3.63, 3.8) is 0 Å². The standard InChI is InChI=1S/C18H26N6O/c1-2-3-4-16-20-12-15(22-16)13-23-7-9-24(10-8-23)17-6-5-14(11-21-17)18(19)25/h5-6,11-12H,2-4,7-10,13H2,1H3,(H2,19,25)(H,20,22). The van der Waals surface area contributed by atoms with Crippen molar-refractivity contribution < 1.29 is 4.79 Å². The van der Waals surface area contributed by atoms with Crippen molar-refractivity contribution in [2.75, 3.05) is 31.1 Å². The molecule has 1 saturated heterocycles. The first-order valence-electron chi connectivity index (χ1n) is 8.91. The van der Waals surface area contributed by atoms with Crippen LogP contribution in [0.5, 0.6) is 0 Å². The lowest BCUT2D eigenvalue weighted by Gasteiger charge is -2.35. The zero-order chi connectivity index (χ0) is 17.6. The number of imidazole rings is 1. The van der Waals surface area contributed by atoms with Crippen LogP contribution < -0.4 is 10.6 Å². The lowest BCUT2D eigenvalue weighted by Crippen LogP contribution is -2.46. The van der Waals surface area contributed by atoms with Crippen LogP contribution in [0.3, 0.4) is 0 Å². The highest BCUT2D eigenvalue weighted by Gasteiger charge is 2.19. The van der Waals surface area contributed by atoms with Gasteiger partial charge in [0.15, 0.2) is 0 Å². The minimum absolute atomic E-state index is 0.443. The molecule has 0 atom stereocenters. The Labute approximate surface area is 148 Å². The van der Waals surface area contributed by atoms with Crippen LogP contribution in [0.15, 0.2) is 24.5 Å². The Morgan fingerprint density at radius 1 is 1.20 bits per heavy atom. The Kier molecular flexibility index (Phi) is 5.65. The van der Waals surface area contributed by atoms with E-state index in [2.05, 4.69) is 31.7 Å². The molecule has 1 amide bonds. The quantitative estimate of drug-likeness (QED) is 0.797. The average Bonchev–Trinajstić information content (AvgIpc) is 3.08. The van der Waals surface area contributed by atoms with Gasteiger partial charge in [-0.3, -0.25) is 9.69 Å². The number of primary amides is 1. The van der Waals surface area contributed by atoms with Crippen molar-refractivity contribution >= 4 is 11.7 Å². The number of pyridine rings is 1. The molecule has 134 valence electrons. The van der Waals surface area contributed by atoms with E-state index in [1.165, 1.54) is 18.5 Å². The molecule has 1 fully saturated rings. The number of rotatable bonds is 7. The first kappa shape index (κ1) is 17.4. The summed E-state index contributed by atoms with van der Waals surface area (Å²) < 4.78 is 0. The van der Waals surface area contributed by atoms with Gasteiger partial charge in [-0.1, -0.05) is 13.3 Å². The lowest BCUT2D eigenvalue weighted by atomic mass is 10.2. The van der Waals surface area contributed by atoms with Crippen LogP contribution in [0, 0.1) is 0 Å². The molecule has 0 bridgehead atoms. The van der Waals surface area contributed by atoms with Gasteiger partial charge in [-0.15, -0.1) is 0 Å². The highest BCUT2D eigenvalue weighted by atomic mass is 16.1. The lowest BCUT2D eigenvalue weighted by molar-refractivity contribution is 0.1000. The molecule has 0 unspecified atom stereocenters. The molecule has 25 heavy (non-hydrogen) atoms. The van der Waals surface area contributed by atoms with E-state index in [0.717, 1.165) is 50.8 Å². The number of unbranched alkanes of at least 4 members (excludes halogenated alkanes) is 1. The number of aryl methyl sites for hydroxylation is 1. The van der Waals surface area contributed by atoms with E-state index in [-0.39, 0.29) is 0 Å². The van der Waals surface area contributed by atoms with E-state index in [4.69, 9.17) is 5.73 Å². The van der Waals surface area contributed by atoms with Crippen LogP contribution in [-0.2, 0) is 13.0 Å². The Hall–Kier alpha value is -2.41. The van der Waals surface area contributed by atoms with Crippen LogP contribution in [0.25, 0.3) is 0 Å². The van der Waals surface area contributed by atoms with Crippen molar-refractivity contribution in [2.45, 2.75) is 32.7 Å². The van der Waals surface area contributed by atoms with Crippen LogP contribution in [0.2, 0.25) is 0 Å². The van der Waals surface area contributed by atoms with Crippen molar-refractivity contribution in [2.24, 2.45) is 5.73 Å². The minimum Gasteiger partial charge on any atom is -0.366 e. The number of hydrogen-bond donors (Lipinski definition) is 2. The second-order valence-corrected chi connectivity index (χ2v) is 6.49. The summed E-state index contributed by atoms with van der Waals surface area (Å²) in [6, 6.07) is 3.60. The van der Waals surface area contributed by atoms with Crippen molar-refractivity contribution in [3.8, 4) is 0 Å². The molecular formula is C18H26N6O. The second-order valence-electron chi connectivity index (χ2n) is 6.49. The summed E-state index contributed by atoms with van der Waals surface area (Å²) in [4.78, 5) is 28.0. The highest BCUT2D eigenvalue weighted by Crippen LogP contribution is 2.15. The maximum Gasteiger partial charge on any atom is 0.250 e. The smallest absolute Gasteiger partial charge is 0.250 e. The van der Waals surface area contributed by atoms with E-state index < -0.39 is 5.91 Å². The summed E-state index contributed by atoms with van der Waals surface area (Å²) in [5, 5.41) is 0. The van der Waals surface area contributed by atoms with E-state index >= 15 is 0 Å². The molecule has 3 heterocycles. The topological polar surface area (TPSA) is 91.1 Å². The maximum absolute atomic E-state index is 11.1. The average molecular weight is 342 g/mol. The molecule has 7 heteroatoms. The Morgan fingerprint density at radius 2 is 2.00 bits per heavy atom. The number of carbonyl (C=O) groups is 1. The van der Waals surface area contributed by atoms with E-state index in [9.17, 15) is 4.79 Å². The summed E-state index contributed by atoms with van der Waals surface area (Å²) in [6.07, 6.45) is 6.89. The predicted molar refractivity (Wildman–Crippen MR) is 97.4 cm³/mol. The number of nitrogens with zero attached hydrogens (tertiary/aromatic N) is 4. The molecule has 1 aliphatic heterocycles. The summed E-state index contributed by atoms with van der Waals surface area (Å²) in [7, 11) is 0. The van der Waals surface area contributed by atoms with Gasteiger partial charge in [0.25, 0.3) is 0 Å². The molecule has 2 aromatic heterocycles. The number of hydrogen-bond acceptors (Lipinski definition) is 5. The largest absolute Gasteiger partial charge is 0.366 e. The van der Waals surface area contributed by atoms with Crippen LogP contribution in [0.4, 0.5) is 5.82 Å². The SMILES string of the molecule is CCCCc1ncc(CN2CCN(c3ccc(C(N)=O)cn3)CC2)[nH]1. The third-order valence-corrected chi connectivity index (χ3v) is 4.57. The number of H-pyrrole nitrogens is 1. The zero-order valence-corrected chi connectivity index (χ0v) is 14.7. The number of amides is 1. The molecule has 0 aliphatic carbocycles. The fraction of sp³-hybridized carbons (Fsp3) is 0.500. The van der Waals surface area contributed by atoms with Gasteiger partial charge >= 0.3 is 0 Å². The third kappa shape index (κ3) is 4.57. The van der Waals surface area contributed by atoms with Gasteiger partial charge in [-0.2, -0.15) is 0 Å². The molecule has 2 aromatic rings. The number of carbonyl (C=O) groups excluding carboxylic acids is 1. The number of aromatic amines is 1. The monoisotopic (exact) mass is 342 g/mol. The molecule has 0 saturated carbocycles. The summed E-state index contributed by atoms with van der Waals surface area (Å²) >= 11 is 0. The normalized spacial score (nSPS) is 15.5. The predicted octanol–water partition coefficient (Wildman–Crippen LogP) is 1.57. The fourth-order valence-corrected chi connectivity index (χ4v) is 3.05. The number of aromatic nitrogens is 3. The van der Waals surface area contributed by atoms with E-state index in [0.29, 0.717) is 5.56 Å². The minimum atomic E-state index is -0.443. The van der Waals surface area contributed by atoms with Gasteiger partial charge < -0.3 is 15.6 Å². The third-order valence-electron chi connectivity index (χ3n) is 4.57. The Morgan fingerprint density at radius 3 is 2.64 bits per heavy atom. The highest BCUT2D eigenvalue weighted by molar-refractivity contribution is 5.92. The molecule has 0 spiro atoms. The molecule has 7 nitrogen and oxygen atoms in total. The molecular weight excluding hydrogens is 316 g/mol. The van der Waals surface area contributed by atoms with E-state index in [1.807, 2.05) is 12.3 Å². The maximum atomic E-state index is 11.1. The van der Waals surface area contributed by atoms with Crippen molar-refractivity contribution in [1.29, 1.82) is 0 Å². The van der Waals surface area contributed by atoms with E-state index in [1.54, 1.807) is 12.3 Å². The Bertz CT molecular complexity index is 688. The first-order chi connectivity index (χ1) is 12.2. The van der Waals surface area contributed by atoms with Crippen molar-refractivity contribution in [3.05, 3.63) is 41.6 Å². The summed E-state index contributed by atoms with van der Waals surface area (Å²) in [5.41, 5.74) is 6.88. The molecule has 0 radical (unpaired) electrons. The number of piperazine rings is 1. The van der Waals surface area contributed by atoms with Gasteiger partial charge in [0, 0.05) is 57.2 Å². The molecule has 3 N–H and O–H groups in total. The number of anilines is 1. The second kappa shape index (κ2) is 8.11. The van der Waals surface area contributed by atoms with Crippen molar-refractivity contribution in [1.82, 2.24) is 19.9 Å². The van der Waals surface area contributed by atoms with Gasteiger partial charge in [-0.05, 0) is 18.6 Å².